The highest BCUT2D eigenvalue weighted by Crippen LogP contribution is 2.45. The van der Waals surface area contributed by atoms with Crippen LogP contribution in [0.3, 0.4) is 0 Å². The van der Waals surface area contributed by atoms with Crippen molar-refractivity contribution in [3.05, 3.63) is 106 Å². The number of aromatic nitrogens is 2. The Morgan fingerprint density at radius 2 is 1.71 bits per heavy atom. The Labute approximate surface area is 254 Å². The first-order valence-corrected chi connectivity index (χ1v) is 15.3. The van der Waals surface area contributed by atoms with Gasteiger partial charge < -0.3 is 19.7 Å². The van der Waals surface area contributed by atoms with Gasteiger partial charge in [-0.2, -0.15) is 0 Å². The molecule has 0 unspecified atom stereocenters. The van der Waals surface area contributed by atoms with Crippen molar-refractivity contribution in [1.82, 2.24) is 14.9 Å². The van der Waals surface area contributed by atoms with Crippen LogP contribution in [0.5, 0.6) is 0 Å². The van der Waals surface area contributed by atoms with Crippen molar-refractivity contribution in [3.8, 4) is 5.69 Å². The Bertz CT molecular complexity index is 1590. The monoisotopic (exact) mass is 583 g/mol. The minimum Gasteiger partial charge on any atom is -0.370 e. The number of hydrogen-bond donors (Lipinski definition) is 1. The maximum Gasteiger partial charge on any atom is 0.174 e. The lowest BCUT2D eigenvalue weighted by Gasteiger charge is -2.33. The summed E-state index contributed by atoms with van der Waals surface area (Å²) in [6.45, 7) is 13.1. The van der Waals surface area contributed by atoms with Gasteiger partial charge in [0.1, 0.15) is 0 Å². The van der Waals surface area contributed by atoms with E-state index in [0.717, 1.165) is 41.1 Å². The van der Waals surface area contributed by atoms with Crippen LogP contribution in [-0.4, -0.2) is 27.8 Å². The molecule has 0 amide bonds. The summed E-state index contributed by atoms with van der Waals surface area (Å²) in [5.41, 5.74) is 10.4. The summed E-state index contributed by atoms with van der Waals surface area (Å²) in [6.07, 6.45) is 4.24. The van der Waals surface area contributed by atoms with Crippen LogP contribution in [-0.2, 0) is 0 Å². The van der Waals surface area contributed by atoms with Gasteiger partial charge in [-0.15, -0.1) is 0 Å². The third kappa shape index (κ3) is 5.13. The van der Waals surface area contributed by atoms with Gasteiger partial charge >= 0.3 is 0 Å². The number of hydrogen-bond acceptors (Lipinski definition) is 3. The molecular formula is C34H38ClN5S. The molecule has 4 aromatic rings. The first kappa shape index (κ1) is 27.8. The molecule has 2 aromatic carbocycles. The quantitative estimate of drug-likeness (QED) is 0.240. The van der Waals surface area contributed by atoms with E-state index in [1.807, 2.05) is 18.3 Å². The molecular weight excluding hydrogens is 546 g/mol. The second kappa shape index (κ2) is 11.1. The second-order valence-electron chi connectivity index (χ2n) is 11.8. The lowest BCUT2D eigenvalue weighted by Crippen LogP contribution is -2.33. The molecule has 2 aliphatic rings. The van der Waals surface area contributed by atoms with Crippen LogP contribution in [0.15, 0.2) is 66.9 Å². The summed E-state index contributed by atoms with van der Waals surface area (Å²) in [7, 11) is 0. The SMILES string of the molecule is Cc1ccc(C)c(-n2c(C)cc([C@H]3[C@H](c4ccccn4)NC(=S)N3c3ccc(N4CCC(C)CC4)c(Cl)c3)c2C)c1. The number of nitrogens with one attached hydrogen (secondary N) is 1. The van der Waals surface area contributed by atoms with Crippen LogP contribution in [0.4, 0.5) is 11.4 Å². The van der Waals surface area contributed by atoms with E-state index in [4.69, 9.17) is 28.8 Å². The number of anilines is 2. The number of piperidine rings is 1. The molecule has 0 aliphatic carbocycles. The van der Waals surface area contributed by atoms with Crippen molar-refractivity contribution < 1.29 is 0 Å². The van der Waals surface area contributed by atoms with Crippen molar-refractivity contribution in [2.45, 2.75) is 59.5 Å². The molecule has 5 nitrogen and oxygen atoms in total. The summed E-state index contributed by atoms with van der Waals surface area (Å²) in [6, 6.07) is 21.2. The van der Waals surface area contributed by atoms with E-state index in [2.05, 4.69) is 103 Å². The normalized spacial score (nSPS) is 19.6. The molecule has 7 heteroatoms. The van der Waals surface area contributed by atoms with Crippen LogP contribution in [0, 0.1) is 33.6 Å². The van der Waals surface area contributed by atoms with Crippen LogP contribution >= 0.6 is 23.8 Å². The predicted molar refractivity (Wildman–Crippen MR) is 175 cm³/mol. The third-order valence-electron chi connectivity index (χ3n) is 8.83. The van der Waals surface area contributed by atoms with Gasteiger partial charge in [0, 0.05) is 42.0 Å². The van der Waals surface area contributed by atoms with Gasteiger partial charge in [0.2, 0.25) is 0 Å². The maximum atomic E-state index is 7.00. The predicted octanol–water partition coefficient (Wildman–Crippen LogP) is 8.17. The Kier molecular flexibility index (Phi) is 7.56. The van der Waals surface area contributed by atoms with E-state index < -0.39 is 0 Å². The maximum absolute atomic E-state index is 7.00. The summed E-state index contributed by atoms with van der Waals surface area (Å²) in [5.74, 6) is 0.768. The van der Waals surface area contributed by atoms with Crippen LogP contribution < -0.4 is 15.1 Å². The highest BCUT2D eigenvalue weighted by atomic mass is 35.5. The fourth-order valence-corrected chi connectivity index (χ4v) is 7.16. The van der Waals surface area contributed by atoms with Gasteiger partial charge in [-0.3, -0.25) is 4.98 Å². The first-order chi connectivity index (χ1) is 19.7. The fraction of sp³-hybridized carbons (Fsp3) is 0.353. The fourth-order valence-electron chi connectivity index (χ4n) is 6.52. The highest BCUT2D eigenvalue weighted by Gasteiger charge is 2.42. The van der Waals surface area contributed by atoms with Gasteiger partial charge in [-0.25, -0.2) is 0 Å². The molecule has 0 spiro atoms. The molecule has 4 heterocycles. The lowest BCUT2D eigenvalue weighted by molar-refractivity contribution is 0.438. The summed E-state index contributed by atoms with van der Waals surface area (Å²) in [4.78, 5) is 9.40. The topological polar surface area (TPSA) is 36.3 Å². The average Bonchev–Trinajstić information content (AvgIpc) is 3.45. The van der Waals surface area contributed by atoms with Crippen LogP contribution in [0.1, 0.15) is 65.6 Å². The Balaban J connectivity index is 1.45. The van der Waals surface area contributed by atoms with Gasteiger partial charge in [0.15, 0.2) is 5.11 Å². The number of thiocarbonyl (C=S) groups is 1. The van der Waals surface area contributed by atoms with E-state index in [-0.39, 0.29) is 12.1 Å². The smallest absolute Gasteiger partial charge is 0.174 e. The Morgan fingerprint density at radius 3 is 2.41 bits per heavy atom. The average molecular weight is 584 g/mol. The van der Waals surface area contributed by atoms with E-state index in [1.54, 1.807) is 0 Å². The summed E-state index contributed by atoms with van der Waals surface area (Å²) in [5, 5.41) is 5.06. The molecule has 2 atom stereocenters. The molecule has 2 aromatic heterocycles. The molecule has 1 N–H and O–H groups in total. The standard InChI is InChI=1S/C34H38ClN5S/c1-21-13-16-38(17-14-21)30-12-11-26(20-28(30)35)40-33(32(37-34(40)41)29-8-6-7-15-36-29)27-19-24(4)39(25(27)5)31-18-22(2)9-10-23(31)3/h6-12,15,18-21,32-33H,13-14,16-17H2,1-5H3,(H,37,41)/t32-,33-/m0/s1. The first-order valence-electron chi connectivity index (χ1n) is 14.5. The van der Waals surface area contributed by atoms with E-state index in [1.165, 1.54) is 46.6 Å². The molecule has 2 saturated heterocycles. The highest BCUT2D eigenvalue weighted by molar-refractivity contribution is 7.80. The zero-order valence-corrected chi connectivity index (χ0v) is 26.1. The molecule has 0 radical (unpaired) electrons. The van der Waals surface area contributed by atoms with E-state index in [9.17, 15) is 0 Å². The van der Waals surface area contributed by atoms with Crippen molar-refractivity contribution in [2.75, 3.05) is 22.9 Å². The lowest BCUT2D eigenvalue weighted by atomic mass is 9.96. The second-order valence-corrected chi connectivity index (χ2v) is 12.5. The molecule has 2 aliphatic heterocycles. The van der Waals surface area contributed by atoms with Crippen molar-refractivity contribution in [2.24, 2.45) is 5.92 Å². The molecule has 0 saturated carbocycles. The number of pyridine rings is 1. The molecule has 6 rings (SSSR count). The van der Waals surface area contributed by atoms with Crippen LogP contribution in [0.2, 0.25) is 5.02 Å². The minimum atomic E-state index is -0.113. The molecule has 212 valence electrons. The molecule has 0 bridgehead atoms. The molecule has 2 fully saturated rings. The van der Waals surface area contributed by atoms with Crippen LogP contribution in [0.25, 0.3) is 5.69 Å². The van der Waals surface area contributed by atoms with Crippen molar-refractivity contribution in [3.63, 3.8) is 0 Å². The summed E-state index contributed by atoms with van der Waals surface area (Å²) >= 11 is 13.0. The number of rotatable bonds is 5. The Morgan fingerprint density at radius 1 is 0.927 bits per heavy atom. The number of nitrogens with zero attached hydrogens (tertiary/aromatic N) is 4. The van der Waals surface area contributed by atoms with E-state index in [0.29, 0.717) is 5.11 Å². The van der Waals surface area contributed by atoms with Gasteiger partial charge in [0.05, 0.1) is 28.5 Å². The van der Waals surface area contributed by atoms with Crippen molar-refractivity contribution >= 4 is 40.3 Å². The van der Waals surface area contributed by atoms with Gasteiger partial charge in [-0.1, -0.05) is 36.7 Å². The minimum absolute atomic E-state index is 0.0970. The zero-order valence-electron chi connectivity index (χ0n) is 24.5. The number of halogens is 1. The molecule has 41 heavy (non-hydrogen) atoms. The largest absolute Gasteiger partial charge is 0.370 e. The third-order valence-corrected chi connectivity index (χ3v) is 9.44. The Hall–Kier alpha value is -3.35. The zero-order chi connectivity index (χ0) is 28.8. The number of aryl methyl sites for hydroxylation is 3. The van der Waals surface area contributed by atoms with Crippen molar-refractivity contribution in [1.29, 1.82) is 0 Å². The summed E-state index contributed by atoms with van der Waals surface area (Å²) < 4.78 is 2.38. The van der Waals surface area contributed by atoms with E-state index >= 15 is 0 Å². The number of benzene rings is 2. The van der Waals surface area contributed by atoms with Gasteiger partial charge in [0.25, 0.3) is 0 Å². The van der Waals surface area contributed by atoms with Gasteiger partial charge in [-0.05, 0) is 118 Å².